The van der Waals surface area contributed by atoms with Crippen LogP contribution in [0.5, 0.6) is 0 Å². The number of imide groups is 1. The molecule has 6 rings (SSSR count). The highest BCUT2D eigenvalue weighted by Gasteiger charge is 2.40. The van der Waals surface area contributed by atoms with Crippen molar-refractivity contribution in [2.24, 2.45) is 0 Å². The monoisotopic (exact) mass is 556 g/mol. The van der Waals surface area contributed by atoms with Crippen molar-refractivity contribution in [2.45, 2.75) is 32.0 Å². The van der Waals surface area contributed by atoms with Crippen LogP contribution < -0.4 is 5.32 Å². The first kappa shape index (κ1) is 26.2. The third-order valence-corrected chi connectivity index (χ3v) is 8.29. The van der Waals surface area contributed by atoms with Crippen LogP contribution in [-0.4, -0.2) is 70.5 Å². The second kappa shape index (κ2) is 10.9. The van der Waals surface area contributed by atoms with Crippen LogP contribution in [0.15, 0.2) is 66.7 Å². The highest BCUT2D eigenvalue weighted by Crippen LogP contribution is 2.31. The molecule has 204 valence electrons. The lowest BCUT2D eigenvalue weighted by atomic mass is 9.99. The Morgan fingerprint density at radius 3 is 2.35 bits per heavy atom. The fraction of sp³-hybridized carbons (Fsp3) is 0.290. The van der Waals surface area contributed by atoms with Gasteiger partial charge in [0.15, 0.2) is 0 Å². The molecule has 0 aliphatic carbocycles. The molecule has 3 aliphatic heterocycles. The van der Waals surface area contributed by atoms with Crippen molar-refractivity contribution >= 4 is 35.2 Å². The number of piperidine rings is 1. The van der Waals surface area contributed by atoms with E-state index in [0.29, 0.717) is 34.8 Å². The molecule has 3 aliphatic rings. The normalized spacial score (nSPS) is 19.5. The molecular formula is C31H29ClN4O4. The standard InChI is InChI=1S/C31H29ClN4O4/c32-22-10-8-20(9-11-22)23-5-2-1-4-21(23)18-34-14-16-35(17-15-34)30(39)24-6-3-7-25-26(24)19-36(31(25)40)27-12-13-28(37)33-29(27)38/h1-11,27H,12-19H2,(H,33,37,38). The van der Waals surface area contributed by atoms with Gasteiger partial charge in [0.2, 0.25) is 11.8 Å². The number of hydrogen-bond donors (Lipinski definition) is 1. The molecule has 2 saturated heterocycles. The molecule has 0 aromatic heterocycles. The number of carbonyl (C=O) groups is 4. The van der Waals surface area contributed by atoms with Gasteiger partial charge in [-0.3, -0.25) is 29.4 Å². The minimum Gasteiger partial charge on any atom is -0.336 e. The molecule has 9 heteroatoms. The Hall–Kier alpha value is -4.01. The second-order valence-electron chi connectivity index (χ2n) is 10.5. The summed E-state index contributed by atoms with van der Waals surface area (Å²) in [6.45, 7) is 3.59. The van der Waals surface area contributed by atoms with E-state index in [0.717, 1.165) is 25.2 Å². The number of piperazine rings is 1. The maximum atomic E-state index is 13.6. The van der Waals surface area contributed by atoms with Crippen LogP contribution in [0.2, 0.25) is 5.02 Å². The number of amides is 4. The average molecular weight is 557 g/mol. The zero-order valence-electron chi connectivity index (χ0n) is 21.9. The van der Waals surface area contributed by atoms with E-state index in [2.05, 4.69) is 22.3 Å². The van der Waals surface area contributed by atoms with Gasteiger partial charge >= 0.3 is 0 Å². The second-order valence-corrected chi connectivity index (χ2v) is 10.9. The van der Waals surface area contributed by atoms with Gasteiger partial charge in [-0.25, -0.2) is 0 Å². The van der Waals surface area contributed by atoms with Crippen LogP contribution in [-0.2, 0) is 22.7 Å². The maximum absolute atomic E-state index is 13.6. The van der Waals surface area contributed by atoms with Crippen molar-refractivity contribution in [3.63, 3.8) is 0 Å². The van der Waals surface area contributed by atoms with E-state index >= 15 is 0 Å². The topological polar surface area (TPSA) is 90.0 Å². The minimum atomic E-state index is -0.708. The van der Waals surface area contributed by atoms with Crippen LogP contribution in [0.3, 0.4) is 0 Å². The Bertz CT molecular complexity index is 1500. The third kappa shape index (κ3) is 5.00. The molecule has 40 heavy (non-hydrogen) atoms. The van der Waals surface area contributed by atoms with Crippen LogP contribution in [0.25, 0.3) is 11.1 Å². The van der Waals surface area contributed by atoms with Gasteiger partial charge in [0.1, 0.15) is 6.04 Å². The minimum absolute atomic E-state index is 0.101. The van der Waals surface area contributed by atoms with E-state index in [4.69, 9.17) is 11.6 Å². The predicted molar refractivity (Wildman–Crippen MR) is 151 cm³/mol. The largest absolute Gasteiger partial charge is 0.336 e. The van der Waals surface area contributed by atoms with Gasteiger partial charge in [0.25, 0.3) is 11.8 Å². The number of fused-ring (bicyclic) bond motifs is 1. The smallest absolute Gasteiger partial charge is 0.255 e. The van der Waals surface area contributed by atoms with Crippen molar-refractivity contribution < 1.29 is 19.2 Å². The van der Waals surface area contributed by atoms with Gasteiger partial charge in [-0.2, -0.15) is 0 Å². The van der Waals surface area contributed by atoms with E-state index in [1.54, 1.807) is 18.2 Å². The molecule has 2 fully saturated rings. The zero-order valence-corrected chi connectivity index (χ0v) is 22.7. The van der Waals surface area contributed by atoms with Crippen molar-refractivity contribution in [3.05, 3.63) is 94.0 Å². The summed E-state index contributed by atoms with van der Waals surface area (Å²) in [5.41, 5.74) is 5.12. The summed E-state index contributed by atoms with van der Waals surface area (Å²) in [6.07, 6.45) is 0.480. The van der Waals surface area contributed by atoms with Crippen LogP contribution in [0, 0.1) is 0 Å². The molecule has 3 heterocycles. The lowest BCUT2D eigenvalue weighted by Gasteiger charge is -2.35. The quantitative estimate of drug-likeness (QED) is 0.484. The fourth-order valence-corrected chi connectivity index (χ4v) is 6.00. The van der Waals surface area contributed by atoms with Crippen LogP contribution in [0.1, 0.15) is 44.7 Å². The Morgan fingerprint density at radius 2 is 1.60 bits per heavy atom. The lowest BCUT2D eigenvalue weighted by molar-refractivity contribution is -0.136. The van der Waals surface area contributed by atoms with Crippen LogP contribution >= 0.6 is 11.6 Å². The zero-order chi connectivity index (χ0) is 27.8. The first-order chi connectivity index (χ1) is 19.4. The van der Waals surface area contributed by atoms with Crippen LogP contribution in [0.4, 0.5) is 0 Å². The molecule has 8 nitrogen and oxygen atoms in total. The molecule has 0 radical (unpaired) electrons. The van der Waals surface area contributed by atoms with Crippen molar-refractivity contribution in [1.82, 2.24) is 20.0 Å². The number of rotatable bonds is 5. The fourth-order valence-electron chi connectivity index (χ4n) is 5.88. The van der Waals surface area contributed by atoms with Crippen molar-refractivity contribution in [2.75, 3.05) is 26.2 Å². The van der Waals surface area contributed by atoms with Crippen molar-refractivity contribution in [3.8, 4) is 11.1 Å². The van der Waals surface area contributed by atoms with Crippen molar-refractivity contribution in [1.29, 1.82) is 0 Å². The van der Waals surface area contributed by atoms with E-state index < -0.39 is 11.9 Å². The van der Waals surface area contributed by atoms with E-state index in [-0.39, 0.29) is 37.1 Å². The summed E-state index contributed by atoms with van der Waals surface area (Å²) in [7, 11) is 0. The molecule has 1 unspecified atom stereocenters. The molecule has 0 spiro atoms. The number of halogens is 1. The van der Waals surface area contributed by atoms with Gasteiger partial charge < -0.3 is 9.80 Å². The molecule has 1 atom stereocenters. The summed E-state index contributed by atoms with van der Waals surface area (Å²) >= 11 is 6.08. The van der Waals surface area contributed by atoms with Gasteiger partial charge in [-0.1, -0.05) is 54.1 Å². The van der Waals surface area contributed by atoms with E-state index in [1.165, 1.54) is 16.0 Å². The Labute approximate surface area is 237 Å². The number of carbonyl (C=O) groups excluding carboxylic acids is 4. The number of benzene rings is 3. The third-order valence-electron chi connectivity index (χ3n) is 8.04. The summed E-state index contributed by atoms with van der Waals surface area (Å²) in [5, 5.41) is 3.03. The summed E-state index contributed by atoms with van der Waals surface area (Å²) in [4.78, 5) is 56.5. The Morgan fingerprint density at radius 1 is 0.875 bits per heavy atom. The summed E-state index contributed by atoms with van der Waals surface area (Å²) < 4.78 is 0. The Balaban J connectivity index is 1.13. The molecule has 0 bridgehead atoms. The average Bonchev–Trinajstić information content (AvgIpc) is 3.30. The van der Waals surface area contributed by atoms with E-state index in [9.17, 15) is 19.2 Å². The molecule has 3 aromatic carbocycles. The number of nitrogens with zero attached hydrogens (tertiary/aromatic N) is 3. The summed E-state index contributed by atoms with van der Waals surface area (Å²) in [5.74, 6) is -1.16. The first-order valence-electron chi connectivity index (χ1n) is 13.5. The number of hydrogen-bond acceptors (Lipinski definition) is 5. The molecule has 1 N–H and O–H groups in total. The van der Waals surface area contributed by atoms with Gasteiger partial charge in [-0.05, 0) is 52.9 Å². The molecule has 4 amide bonds. The molecular weight excluding hydrogens is 528 g/mol. The number of nitrogens with one attached hydrogen (secondary N) is 1. The summed E-state index contributed by atoms with van der Waals surface area (Å²) in [6, 6.07) is 20.7. The first-order valence-corrected chi connectivity index (χ1v) is 13.9. The van der Waals surface area contributed by atoms with Gasteiger partial charge in [0, 0.05) is 61.8 Å². The maximum Gasteiger partial charge on any atom is 0.255 e. The highest BCUT2D eigenvalue weighted by molar-refractivity contribution is 6.30. The van der Waals surface area contributed by atoms with Gasteiger partial charge in [0.05, 0.1) is 0 Å². The molecule has 3 aromatic rings. The predicted octanol–water partition coefficient (Wildman–Crippen LogP) is 3.73. The SMILES string of the molecule is O=C1CCC(N2Cc3c(C(=O)N4CCN(Cc5ccccc5-c5ccc(Cl)cc5)CC4)cccc3C2=O)C(=O)N1. The lowest BCUT2D eigenvalue weighted by Crippen LogP contribution is -2.52. The Kier molecular flexibility index (Phi) is 7.12. The van der Waals surface area contributed by atoms with E-state index in [1.807, 2.05) is 41.3 Å². The highest BCUT2D eigenvalue weighted by atomic mass is 35.5. The molecule has 0 saturated carbocycles. The van der Waals surface area contributed by atoms with Gasteiger partial charge in [-0.15, -0.1) is 0 Å².